The Labute approximate surface area is 125 Å². The lowest BCUT2D eigenvalue weighted by molar-refractivity contribution is 0.315. The summed E-state index contributed by atoms with van der Waals surface area (Å²) in [6.45, 7) is 5.55. The fraction of sp³-hybridized carbons (Fsp3) is 0.375. The van der Waals surface area contributed by atoms with Crippen LogP contribution in [0, 0.1) is 0 Å². The molecule has 1 aromatic heterocycles. The Morgan fingerprint density at radius 2 is 2.10 bits per heavy atom. The summed E-state index contributed by atoms with van der Waals surface area (Å²) >= 11 is 6.01. The quantitative estimate of drug-likeness (QED) is 0.844. The molecule has 20 heavy (non-hydrogen) atoms. The van der Waals surface area contributed by atoms with E-state index in [1.165, 1.54) is 11.1 Å². The first-order chi connectivity index (χ1) is 9.69. The van der Waals surface area contributed by atoms with Gasteiger partial charge < -0.3 is 9.73 Å². The molecule has 0 saturated carbocycles. The molecular weight excluding hydrogens is 272 g/mol. The Kier molecular flexibility index (Phi) is 5.65. The zero-order valence-electron chi connectivity index (χ0n) is 12.0. The van der Waals surface area contributed by atoms with Crippen LogP contribution in [0.5, 0.6) is 0 Å². The van der Waals surface area contributed by atoms with Crippen molar-refractivity contribution in [3.05, 3.63) is 58.5 Å². The highest BCUT2D eigenvalue weighted by atomic mass is 35.5. The zero-order valence-corrected chi connectivity index (χ0v) is 12.8. The molecule has 4 heteroatoms. The van der Waals surface area contributed by atoms with E-state index in [1.807, 2.05) is 24.3 Å². The van der Waals surface area contributed by atoms with E-state index >= 15 is 0 Å². The zero-order chi connectivity index (χ0) is 14.4. The average molecular weight is 293 g/mol. The maximum atomic E-state index is 6.01. The molecule has 0 aliphatic carbocycles. The molecule has 3 nitrogen and oxygen atoms in total. The van der Waals surface area contributed by atoms with Gasteiger partial charge in [0.1, 0.15) is 5.76 Å². The Morgan fingerprint density at radius 3 is 2.85 bits per heavy atom. The van der Waals surface area contributed by atoms with Gasteiger partial charge in [-0.2, -0.15) is 0 Å². The van der Waals surface area contributed by atoms with E-state index in [-0.39, 0.29) is 0 Å². The number of nitrogens with one attached hydrogen (secondary N) is 1. The third-order valence-electron chi connectivity index (χ3n) is 3.16. The highest BCUT2D eigenvalue weighted by Gasteiger charge is 2.09. The summed E-state index contributed by atoms with van der Waals surface area (Å²) in [5.41, 5.74) is 2.45. The van der Waals surface area contributed by atoms with Crippen LogP contribution in [0.4, 0.5) is 0 Å². The predicted molar refractivity (Wildman–Crippen MR) is 82.7 cm³/mol. The third kappa shape index (κ3) is 4.37. The van der Waals surface area contributed by atoms with Crippen LogP contribution in [0.3, 0.4) is 0 Å². The highest BCUT2D eigenvalue weighted by Crippen LogP contribution is 2.16. The van der Waals surface area contributed by atoms with Crippen molar-refractivity contribution in [1.82, 2.24) is 10.2 Å². The van der Waals surface area contributed by atoms with Crippen LogP contribution in [0.25, 0.3) is 0 Å². The second-order valence-electron chi connectivity index (χ2n) is 4.95. The lowest BCUT2D eigenvalue weighted by Crippen LogP contribution is -2.19. The summed E-state index contributed by atoms with van der Waals surface area (Å²) < 4.78 is 5.53. The molecule has 1 aromatic carbocycles. The lowest BCUT2D eigenvalue weighted by Gasteiger charge is -2.17. The van der Waals surface area contributed by atoms with Gasteiger partial charge in [0.2, 0.25) is 0 Å². The molecular formula is C16H21ClN2O. The maximum absolute atomic E-state index is 6.01. The SMILES string of the molecule is CCNCc1occc1CN(C)Cc1cccc(Cl)c1. The van der Waals surface area contributed by atoms with Crippen LogP contribution in [-0.4, -0.2) is 18.5 Å². The Morgan fingerprint density at radius 1 is 1.25 bits per heavy atom. The minimum atomic E-state index is 0.782. The van der Waals surface area contributed by atoms with Gasteiger partial charge in [0.15, 0.2) is 0 Å². The molecule has 0 bridgehead atoms. The number of halogens is 1. The molecule has 0 fully saturated rings. The van der Waals surface area contributed by atoms with Gasteiger partial charge in [-0.1, -0.05) is 30.7 Å². The van der Waals surface area contributed by atoms with Crippen molar-refractivity contribution < 1.29 is 4.42 Å². The minimum absolute atomic E-state index is 0.782. The highest BCUT2D eigenvalue weighted by molar-refractivity contribution is 6.30. The summed E-state index contributed by atoms with van der Waals surface area (Å²) in [6.07, 6.45) is 1.76. The fourth-order valence-electron chi connectivity index (χ4n) is 2.20. The smallest absolute Gasteiger partial charge is 0.122 e. The number of nitrogens with zero attached hydrogens (tertiary/aromatic N) is 1. The first kappa shape index (κ1) is 15.1. The molecule has 0 unspecified atom stereocenters. The standard InChI is InChI=1S/C16H21ClN2O/c1-3-18-10-16-14(7-8-20-16)12-19(2)11-13-5-4-6-15(17)9-13/h4-9,18H,3,10-12H2,1-2H3. The van der Waals surface area contributed by atoms with Crippen LogP contribution in [0.2, 0.25) is 5.02 Å². The van der Waals surface area contributed by atoms with Gasteiger partial charge in [-0.15, -0.1) is 0 Å². The van der Waals surface area contributed by atoms with E-state index in [0.29, 0.717) is 0 Å². The number of furan rings is 1. The normalized spacial score (nSPS) is 11.2. The molecule has 0 spiro atoms. The molecule has 0 atom stereocenters. The van der Waals surface area contributed by atoms with E-state index in [4.69, 9.17) is 16.0 Å². The molecule has 0 aliphatic rings. The summed E-state index contributed by atoms with van der Waals surface area (Å²) in [4.78, 5) is 2.26. The molecule has 0 saturated heterocycles. The van der Waals surface area contributed by atoms with Gasteiger partial charge in [-0.3, -0.25) is 4.90 Å². The Hall–Kier alpha value is -1.29. The first-order valence-corrected chi connectivity index (χ1v) is 7.25. The second kappa shape index (κ2) is 7.48. The van der Waals surface area contributed by atoms with E-state index < -0.39 is 0 Å². The maximum Gasteiger partial charge on any atom is 0.122 e. The van der Waals surface area contributed by atoms with Gasteiger partial charge in [-0.05, 0) is 37.4 Å². The average Bonchev–Trinajstić information content (AvgIpc) is 2.83. The molecule has 1 heterocycles. The summed E-state index contributed by atoms with van der Waals surface area (Å²) in [7, 11) is 2.10. The summed E-state index contributed by atoms with van der Waals surface area (Å²) in [5, 5.41) is 4.08. The van der Waals surface area contributed by atoms with Crippen molar-refractivity contribution >= 4 is 11.6 Å². The van der Waals surface area contributed by atoms with Crippen molar-refractivity contribution in [3.8, 4) is 0 Å². The monoisotopic (exact) mass is 292 g/mol. The minimum Gasteiger partial charge on any atom is -0.468 e. The second-order valence-corrected chi connectivity index (χ2v) is 5.39. The van der Waals surface area contributed by atoms with E-state index in [9.17, 15) is 0 Å². The fourth-order valence-corrected chi connectivity index (χ4v) is 2.41. The van der Waals surface area contributed by atoms with E-state index in [1.54, 1.807) is 6.26 Å². The lowest BCUT2D eigenvalue weighted by atomic mass is 10.2. The van der Waals surface area contributed by atoms with Gasteiger partial charge in [0, 0.05) is 23.7 Å². The Balaban J connectivity index is 1.94. The van der Waals surface area contributed by atoms with Gasteiger partial charge in [0.05, 0.1) is 12.8 Å². The first-order valence-electron chi connectivity index (χ1n) is 6.88. The van der Waals surface area contributed by atoms with Crippen LogP contribution in [-0.2, 0) is 19.6 Å². The third-order valence-corrected chi connectivity index (χ3v) is 3.39. The summed E-state index contributed by atoms with van der Waals surface area (Å²) in [5.74, 6) is 1.02. The van der Waals surface area contributed by atoms with Crippen molar-refractivity contribution in [1.29, 1.82) is 0 Å². The summed E-state index contributed by atoms with van der Waals surface area (Å²) in [6, 6.07) is 10.0. The molecule has 2 aromatic rings. The van der Waals surface area contributed by atoms with Crippen LogP contribution in [0.15, 0.2) is 41.0 Å². The van der Waals surface area contributed by atoms with Crippen molar-refractivity contribution in [2.24, 2.45) is 0 Å². The van der Waals surface area contributed by atoms with E-state index in [0.717, 1.165) is 37.0 Å². The van der Waals surface area contributed by atoms with E-state index in [2.05, 4.69) is 30.3 Å². The van der Waals surface area contributed by atoms with Crippen LogP contribution < -0.4 is 5.32 Å². The van der Waals surface area contributed by atoms with Crippen molar-refractivity contribution in [2.75, 3.05) is 13.6 Å². The molecule has 2 rings (SSSR count). The topological polar surface area (TPSA) is 28.4 Å². The van der Waals surface area contributed by atoms with Crippen molar-refractivity contribution in [2.45, 2.75) is 26.6 Å². The molecule has 0 aliphatic heterocycles. The molecule has 0 radical (unpaired) electrons. The van der Waals surface area contributed by atoms with Gasteiger partial charge in [-0.25, -0.2) is 0 Å². The van der Waals surface area contributed by atoms with Gasteiger partial charge in [0.25, 0.3) is 0 Å². The van der Waals surface area contributed by atoms with Gasteiger partial charge >= 0.3 is 0 Å². The molecule has 1 N–H and O–H groups in total. The number of rotatable bonds is 7. The number of hydrogen-bond donors (Lipinski definition) is 1. The Bertz CT molecular complexity index is 539. The number of hydrogen-bond acceptors (Lipinski definition) is 3. The van der Waals surface area contributed by atoms with Crippen LogP contribution in [0.1, 0.15) is 23.8 Å². The molecule has 108 valence electrons. The van der Waals surface area contributed by atoms with Crippen LogP contribution >= 0.6 is 11.6 Å². The predicted octanol–water partition coefficient (Wildman–Crippen LogP) is 3.67. The number of benzene rings is 1. The molecule has 0 amide bonds. The largest absolute Gasteiger partial charge is 0.468 e. The van der Waals surface area contributed by atoms with Crippen molar-refractivity contribution in [3.63, 3.8) is 0 Å².